The van der Waals surface area contributed by atoms with Crippen molar-refractivity contribution in [2.75, 3.05) is 57.4 Å². The zero-order valence-electron chi connectivity index (χ0n) is 20.1. The number of carbonyl (C=O) groups is 1. The molecule has 184 valence electrons. The van der Waals surface area contributed by atoms with Crippen molar-refractivity contribution in [3.8, 4) is 11.5 Å². The van der Waals surface area contributed by atoms with Crippen LogP contribution in [-0.2, 0) is 16.0 Å². The molecule has 2 saturated heterocycles. The summed E-state index contributed by atoms with van der Waals surface area (Å²) in [7, 11) is 0. The zero-order chi connectivity index (χ0) is 24.0. The number of nitrogens with one attached hydrogen (secondary N) is 1. The molecule has 3 aromatic rings. The maximum absolute atomic E-state index is 12.5. The third-order valence-electron chi connectivity index (χ3n) is 6.53. The molecule has 8 heteroatoms. The highest BCUT2D eigenvalue weighted by Crippen LogP contribution is 2.24. The average molecular weight is 477 g/mol. The lowest BCUT2D eigenvalue weighted by molar-refractivity contribution is -0.0855. The van der Waals surface area contributed by atoms with Crippen molar-refractivity contribution in [3.63, 3.8) is 0 Å². The topological polar surface area (TPSA) is 80.1 Å². The number of ether oxygens (including phenoxy) is 2. The molecular weight excluding hydrogens is 444 g/mol. The van der Waals surface area contributed by atoms with Crippen molar-refractivity contribution in [3.05, 3.63) is 71.6 Å². The van der Waals surface area contributed by atoms with Gasteiger partial charge in [0.25, 0.3) is 5.91 Å². The maximum Gasteiger partial charge on any atom is 0.251 e. The van der Waals surface area contributed by atoms with Crippen molar-refractivity contribution in [1.29, 1.82) is 0 Å². The van der Waals surface area contributed by atoms with E-state index in [2.05, 4.69) is 45.4 Å². The summed E-state index contributed by atoms with van der Waals surface area (Å²) in [4.78, 5) is 22.1. The van der Waals surface area contributed by atoms with E-state index in [1.54, 1.807) is 12.1 Å². The highest BCUT2D eigenvalue weighted by molar-refractivity contribution is 5.94. The minimum Gasteiger partial charge on any atom is -0.441 e. The Morgan fingerprint density at radius 2 is 1.80 bits per heavy atom. The molecule has 2 aliphatic rings. The fourth-order valence-electron chi connectivity index (χ4n) is 4.44. The lowest BCUT2D eigenvalue weighted by Gasteiger charge is -2.35. The molecular formula is C27H32N4O4. The number of oxazole rings is 1. The molecule has 8 nitrogen and oxygen atoms in total. The van der Waals surface area contributed by atoms with Crippen LogP contribution in [0, 0.1) is 6.92 Å². The maximum atomic E-state index is 12.5. The fraction of sp³-hybridized carbons (Fsp3) is 0.407. The molecule has 0 bridgehead atoms. The summed E-state index contributed by atoms with van der Waals surface area (Å²) in [6.07, 6.45) is -0.0954. The molecule has 0 saturated carbocycles. The summed E-state index contributed by atoms with van der Waals surface area (Å²) in [6, 6.07) is 17.9. The van der Waals surface area contributed by atoms with Gasteiger partial charge in [0.05, 0.1) is 31.6 Å². The lowest BCUT2D eigenvalue weighted by atomic mass is 10.1. The van der Waals surface area contributed by atoms with Crippen LogP contribution in [-0.4, -0.2) is 74.4 Å². The van der Waals surface area contributed by atoms with Gasteiger partial charge in [0, 0.05) is 56.1 Å². The summed E-state index contributed by atoms with van der Waals surface area (Å²) >= 11 is 0. The Bertz CT molecular complexity index is 1100. The minimum atomic E-state index is -0.135. The van der Waals surface area contributed by atoms with Gasteiger partial charge in [0.1, 0.15) is 5.76 Å². The Hall–Kier alpha value is -3.20. The van der Waals surface area contributed by atoms with Crippen LogP contribution in [0.1, 0.15) is 21.8 Å². The largest absolute Gasteiger partial charge is 0.441 e. The molecule has 35 heavy (non-hydrogen) atoms. The Morgan fingerprint density at radius 3 is 2.51 bits per heavy atom. The van der Waals surface area contributed by atoms with E-state index in [0.29, 0.717) is 37.8 Å². The third-order valence-corrected chi connectivity index (χ3v) is 6.53. The predicted molar refractivity (Wildman–Crippen MR) is 134 cm³/mol. The molecule has 0 unspecified atom stereocenters. The molecule has 1 aromatic heterocycles. The van der Waals surface area contributed by atoms with E-state index in [1.807, 2.05) is 19.1 Å². The molecule has 1 atom stereocenters. The van der Waals surface area contributed by atoms with Crippen molar-refractivity contribution in [1.82, 2.24) is 15.2 Å². The normalized spacial score (nSPS) is 19.0. The highest BCUT2D eigenvalue weighted by atomic mass is 16.6. The second kappa shape index (κ2) is 11.0. The number of aromatic nitrogens is 1. The molecule has 2 aromatic carbocycles. The van der Waals surface area contributed by atoms with Crippen LogP contribution < -0.4 is 10.2 Å². The van der Waals surface area contributed by atoms with Crippen molar-refractivity contribution in [2.45, 2.75) is 19.6 Å². The number of piperazine rings is 1. The number of hydrogen-bond donors (Lipinski definition) is 1. The SMILES string of the molecule is Cc1oc(-c2ccc(C(=O)NC[C@H]3COCCO3)cc2)nc1CN1CCN(c2ccccc2)CC1. The molecule has 2 fully saturated rings. The average Bonchev–Trinajstić information content (AvgIpc) is 3.28. The van der Waals surface area contributed by atoms with E-state index in [9.17, 15) is 4.79 Å². The molecule has 3 heterocycles. The van der Waals surface area contributed by atoms with Crippen LogP contribution in [0.3, 0.4) is 0 Å². The van der Waals surface area contributed by atoms with E-state index in [1.165, 1.54) is 5.69 Å². The van der Waals surface area contributed by atoms with Crippen LogP contribution in [0.25, 0.3) is 11.5 Å². The number of anilines is 1. The lowest BCUT2D eigenvalue weighted by Crippen LogP contribution is -2.46. The Morgan fingerprint density at radius 1 is 1.03 bits per heavy atom. The molecule has 5 rings (SSSR count). The Labute approximate surface area is 205 Å². The van der Waals surface area contributed by atoms with Crippen LogP contribution in [0.15, 0.2) is 59.0 Å². The summed E-state index contributed by atoms with van der Waals surface area (Å²) < 4.78 is 16.9. The van der Waals surface area contributed by atoms with Gasteiger partial charge in [-0.3, -0.25) is 9.69 Å². The first-order valence-corrected chi connectivity index (χ1v) is 12.2. The first-order valence-electron chi connectivity index (χ1n) is 12.2. The van der Waals surface area contributed by atoms with Gasteiger partial charge in [-0.25, -0.2) is 4.98 Å². The number of hydrogen-bond acceptors (Lipinski definition) is 7. The quantitative estimate of drug-likeness (QED) is 0.561. The van der Waals surface area contributed by atoms with E-state index in [0.717, 1.165) is 49.7 Å². The molecule has 0 spiro atoms. The number of carbonyl (C=O) groups excluding carboxylic acids is 1. The second-order valence-electron chi connectivity index (χ2n) is 8.98. The van der Waals surface area contributed by atoms with Gasteiger partial charge >= 0.3 is 0 Å². The van der Waals surface area contributed by atoms with Crippen LogP contribution >= 0.6 is 0 Å². The predicted octanol–water partition coefficient (Wildman–Crippen LogP) is 3.12. The molecule has 2 aliphatic heterocycles. The highest BCUT2D eigenvalue weighted by Gasteiger charge is 2.21. The molecule has 0 aliphatic carbocycles. The van der Waals surface area contributed by atoms with Crippen molar-refractivity contribution in [2.24, 2.45) is 0 Å². The number of benzene rings is 2. The van der Waals surface area contributed by atoms with E-state index >= 15 is 0 Å². The van der Waals surface area contributed by atoms with Gasteiger partial charge in [-0.2, -0.15) is 0 Å². The van der Waals surface area contributed by atoms with Crippen LogP contribution in [0.4, 0.5) is 5.69 Å². The van der Waals surface area contributed by atoms with Crippen LogP contribution in [0.5, 0.6) is 0 Å². The Kier molecular flexibility index (Phi) is 7.42. The third kappa shape index (κ3) is 5.90. The van der Waals surface area contributed by atoms with Gasteiger partial charge in [-0.15, -0.1) is 0 Å². The summed E-state index contributed by atoms with van der Waals surface area (Å²) in [5, 5.41) is 2.91. The number of para-hydroxylation sites is 1. The summed E-state index contributed by atoms with van der Waals surface area (Å²) in [5.41, 5.74) is 3.68. The van der Waals surface area contributed by atoms with Gasteiger partial charge in [0.2, 0.25) is 5.89 Å². The number of aryl methyl sites for hydroxylation is 1. The molecule has 1 amide bonds. The van der Waals surface area contributed by atoms with Gasteiger partial charge in [-0.1, -0.05) is 18.2 Å². The fourth-order valence-corrected chi connectivity index (χ4v) is 4.44. The standard InChI is InChI=1S/C27H32N4O4/c1-20-25(18-30-11-13-31(14-12-30)23-5-3-2-4-6-23)29-27(35-20)22-9-7-21(8-10-22)26(32)28-17-24-19-33-15-16-34-24/h2-10,24H,11-19H2,1H3,(H,28,32)/t24-/m0/s1. The number of nitrogens with zero attached hydrogens (tertiary/aromatic N) is 3. The first-order chi connectivity index (χ1) is 17.2. The molecule has 1 N–H and O–H groups in total. The minimum absolute atomic E-state index is 0.0954. The van der Waals surface area contributed by atoms with E-state index < -0.39 is 0 Å². The monoisotopic (exact) mass is 476 g/mol. The Balaban J connectivity index is 1.15. The number of amides is 1. The summed E-state index contributed by atoms with van der Waals surface area (Å²) in [6.45, 7) is 8.81. The van der Waals surface area contributed by atoms with Gasteiger partial charge in [0.15, 0.2) is 0 Å². The van der Waals surface area contributed by atoms with Crippen molar-refractivity contribution < 1.29 is 18.7 Å². The zero-order valence-corrected chi connectivity index (χ0v) is 20.1. The van der Waals surface area contributed by atoms with Gasteiger partial charge < -0.3 is 24.1 Å². The van der Waals surface area contributed by atoms with Gasteiger partial charge in [-0.05, 0) is 43.3 Å². The van der Waals surface area contributed by atoms with Crippen LogP contribution in [0.2, 0.25) is 0 Å². The summed E-state index contributed by atoms with van der Waals surface area (Å²) in [5.74, 6) is 1.28. The van der Waals surface area contributed by atoms with E-state index in [4.69, 9.17) is 18.9 Å². The van der Waals surface area contributed by atoms with Crippen molar-refractivity contribution >= 4 is 11.6 Å². The molecule has 0 radical (unpaired) electrons. The van der Waals surface area contributed by atoms with E-state index in [-0.39, 0.29) is 12.0 Å². The number of rotatable bonds is 7. The first kappa shape index (κ1) is 23.5. The smallest absolute Gasteiger partial charge is 0.251 e. The second-order valence-corrected chi connectivity index (χ2v) is 8.98.